The Labute approximate surface area is 219 Å². The first-order valence-electron chi connectivity index (χ1n) is 12.6. The van der Waals surface area contributed by atoms with Gasteiger partial charge in [0.05, 0.1) is 37.8 Å². The van der Waals surface area contributed by atoms with E-state index in [2.05, 4.69) is 41.2 Å². The van der Waals surface area contributed by atoms with Crippen molar-refractivity contribution in [3.05, 3.63) is 42.7 Å². The van der Waals surface area contributed by atoms with E-state index in [0.717, 1.165) is 30.5 Å². The van der Waals surface area contributed by atoms with E-state index in [-0.39, 0.29) is 11.5 Å². The molecular weight excluding hydrogens is 486 g/mol. The second kappa shape index (κ2) is 8.98. The van der Waals surface area contributed by atoms with Crippen molar-refractivity contribution in [1.82, 2.24) is 38.9 Å². The maximum atomic E-state index is 10.6. The molecule has 0 radical (unpaired) electrons. The molecule has 5 aromatic heterocycles. The van der Waals surface area contributed by atoms with Gasteiger partial charge in [-0.1, -0.05) is 20.8 Å². The lowest BCUT2D eigenvalue weighted by Gasteiger charge is -2.25. The van der Waals surface area contributed by atoms with E-state index < -0.39 is 6.10 Å². The summed E-state index contributed by atoms with van der Waals surface area (Å²) in [5.41, 5.74) is 2.80. The summed E-state index contributed by atoms with van der Waals surface area (Å²) in [7, 11) is 3.47. The first-order valence-corrected chi connectivity index (χ1v) is 12.6. The zero-order valence-corrected chi connectivity index (χ0v) is 22.1. The lowest BCUT2D eigenvalue weighted by atomic mass is 9.91. The molecule has 1 saturated carbocycles. The van der Waals surface area contributed by atoms with E-state index in [1.165, 1.54) is 0 Å². The van der Waals surface area contributed by atoms with Crippen LogP contribution in [0.3, 0.4) is 0 Å². The van der Waals surface area contributed by atoms with Gasteiger partial charge in [-0.2, -0.15) is 15.2 Å². The van der Waals surface area contributed by atoms with E-state index in [0.29, 0.717) is 40.2 Å². The summed E-state index contributed by atoms with van der Waals surface area (Å²) in [6.45, 7) is 6.45. The minimum Gasteiger partial charge on any atom is -0.491 e. The molecule has 0 aromatic carbocycles. The molecule has 0 bridgehead atoms. The number of pyridine rings is 1. The molecule has 38 heavy (non-hydrogen) atoms. The molecule has 6 rings (SSSR count). The third kappa shape index (κ3) is 4.01. The van der Waals surface area contributed by atoms with Crippen LogP contribution in [0, 0.1) is 0 Å². The molecule has 12 nitrogen and oxygen atoms in total. The van der Waals surface area contributed by atoms with Gasteiger partial charge in [-0.05, 0) is 19.3 Å². The van der Waals surface area contributed by atoms with Crippen LogP contribution < -0.4 is 14.8 Å². The lowest BCUT2D eigenvalue weighted by Crippen LogP contribution is -2.26. The number of nitrogens with zero attached hydrogens (tertiary/aromatic N) is 8. The highest BCUT2D eigenvalue weighted by Crippen LogP contribution is 2.40. The number of fused-ring (bicyclic) bond motifs is 2. The SMILES string of the molecule is COc1c(Oc2cnn3ccncc23)cnc2nc(Nc3cc(C(C)(C)C)n([C@@H]4CCC[C@H]4O)n3)n(C)c12. The Kier molecular flexibility index (Phi) is 5.71. The Bertz CT molecular complexity index is 1630. The first-order chi connectivity index (χ1) is 18.2. The van der Waals surface area contributed by atoms with Crippen LogP contribution in [-0.4, -0.2) is 57.2 Å². The summed E-state index contributed by atoms with van der Waals surface area (Å²) in [5, 5.41) is 23.1. The van der Waals surface area contributed by atoms with E-state index in [1.807, 2.05) is 22.4 Å². The highest BCUT2D eigenvalue weighted by Gasteiger charge is 2.33. The maximum absolute atomic E-state index is 10.6. The average molecular weight is 518 g/mol. The molecule has 0 spiro atoms. The molecule has 0 unspecified atom stereocenters. The van der Waals surface area contributed by atoms with Gasteiger partial charge in [0, 0.05) is 36.6 Å². The van der Waals surface area contributed by atoms with Crippen molar-refractivity contribution in [3.8, 4) is 17.2 Å². The predicted molar refractivity (Wildman–Crippen MR) is 141 cm³/mol. The summed E-state index contributed by atoms with van der Waals surface area (Å²) in [4.78, 5) is 13.4. The number of ether oxygens (including phenoxy) is 2. The lowest BCUT2D eigenvalue weighted by molar-refractivity contribution is 0.127. The normalized spacial score (nSPS) is 17.9. The number of anilines is 2. The Morgan fingerprint density at radius 1 is 1.13 bits per heavy atom. The monoisotopic (exact) mass is 517 g/mol. The standard InChI is InChI=1S/C26H31N9O3/c1-26(2,3)20-11-21(32-35(20)15-7-6-8-17(15)36)30-25-31-24-22(33(25)4)23(37-5)19(13-28-24)38-18-14-29-34-10-9-27-12-16(18)34/h9-15,17,36H,6-8H2,1-5H3,(H,28,30,31,32)/t15-,17-/m1/s1. The van der Waals surface area contributed by atoms with Crippen LogP contribution in [0.15, 0.2) is 37.1 Å². The number of methoxy groups -OCH3 is 1. The molecule has 0 amide bonds. The Hall–Kier alpha value is -4.19. The summed E-state index contributed by atoms with van der Waals surface area (Å²) in [6.07, 6.45) is 10.6. The van der Waals surface area contributed by atoms with Crippen molar-refractivity contribution in [3.63, 3.8) is 0 Å². The number of rotatable bonds is 6. The van der Waals surface area contributed by atoms with Crippen molar-refractivity contribution in [2.75, 3.05) is 12.4 Å². The van der Waals surface area contributed by atoms with E-state index >= 15 is 0 Å². The van der Waals surface area contributed by atoms with Crippen molar-refractivity contribution >= 4 is 28.4 Å². The number of aromatic nitrogens is 8. The van der Waals surface area contributed by atoms with Crippen molar-refractivity contribution in [2.45, 2.75) is 57.6 Å². The van der Waals surface area contributed by atoms with Gasteiger partial charge in [-0.15, -0.1) is 0 Å². The molecule has 1 aliphatic rings. The topological polar surface area (TPSA) is 129 Å². The van der Waals surface area contributed by atoms with E-state index in [4.69, 9.17) is 19.6 Å². The highest BCUT2D eigenvalue weighted by molar-refractivity contribution is 5.85. The summed E-state index contributed by atoms with van der Waals surface area (Å²) < 4.78 is 17.5. The summed E-state index contributed by atoms with van der Waals surface area (Å²) in [5.74, 6) is 2.67. The van der Waals surface area contributed by atoms with Gasteiger partial charge in [0.2, 0.25) is 5.95 Å². The van der Waals surface area contributed by atoms with Gasteiger partial charge < -0.3 is 24.5 Å². The quantitative estimate of drug-likeness (QED) is 0.341. The average Bonchev–Trinajstić information content (AvgIpc) is 3.66. The van der Waals surface area contributed by atoms with Crippen LogP contribution in [0.5, 0.6) is 17.2 Å². The molecule has 0 saturated heterocycles. The number of hydrogen-bond donors (Lipinski definition) is 2. The van der Waals surface area contributed by atoms with Crippen LogP contribution in [0.4, 0.5) is 11.8 Å². The molecule has 198 valence electrons. The van der Waals surface area contributed by atoms with Gasteiger partial charge in [0.25, 0.3) is 0 Å². The molecular formula is C26H31N9O3. The third-order valence-electron chi connectivity index (χ3n) is 7.04. The Morgan fingerprint density at radius 3 is 2.71 bits per heavy atom. The number of nitrogens with one attached hydrogen (secondary N) is 1. The fourth-order valence-corrected chi connectivity index (χ4v) is 5.10. The van der Waals surface area contributed by atoms with Crippen molar-refractivity contribution in [1.29, 1.82) is 0 Å². The zero-order chi connectivity index (χ0) is 26.6. The number of imidazole rings is 1. The van der Waals surface area contributed by atoms with Crippen molar-refractivity contribution < 1.29 is 14.6 Å². The maximum Gasteiger partial charge on any atom is 0.211 e. The predicted octanol–water partition coefficient (Wildman–Crippen LogP) is 4.14. The molecule has 12 heteroatoms. The number of aliphatic hydroxyl groups excluding tert-OH is 1. The van der Waals surface area contributed by atoms with E-state index in [9.17, 15) is 5.11 Å². The Balaban J connectivity index is 1.36. The summed E-state index contributed by atoms with van der Waals surface area (Å²) in [6, 6.07) is 2.00. The number of aliphatic hydroxyl groups is 1. The Morgan fingerprint density at radius 2 is 1.97 bits per heavy atom. The van der Waals surface area contributed by atoms with Crippen LogP contribution >= 0.6 is 0 Å². The molecule has 1 aliphatic carbocycles. The van der Waals surface area contributed by atoms with Gasteiger partial charge in [-0.3, -0.25) is 9.67 Å². The van der Waals surface area contributed by atoms with Gasteiger partial charge in [0.1, 0.15) is 11.0 Å². The van der Waals surface area contributed by atoms with Crippen LogP contribution in [0.25, 0.3) is 16.7 Å². The minimum atomic E-state index is -0.393. The number of aryl methyl sites for hydroxylation is 1. The zero-order valence-electron chi connectivity index (χ0n) is 22.1. The van der Waals surface area contributed by atoms with Gasteiger partial charge in [0.15, 0.2) is 28.7 Å². The van der Waals surface area contributed by atoms with Gasteiger partial charge in [-0.25, -0.2) is 9.50 Å². The molecule has 5 aromatic rings. The van der Waals surface area contributed by atoms with E-state index in [1.54, 1.807) is 42.6 Å². The fraction of sp³-hybridized carbons (Fsp3) is 0.423. The largest absolute Gasteiger partial charge is 0.491 e. The molecule has 2 atom stereocenters. The molecule has 0 aliphatic heterocycles. The van der Waals surface area contributed by atoms with Crippen LogP contribution in [0.2, 0.25) is 0 Å². The molecule has 5 heterocycles. The third-order valence-corrected chi connectivity index (χ3v) is 7.04. The van der Waals surface area contributed by atoms with Gasteiger partial charge >= 0.3 is 0 Å². The minimum absolute atomic E-state index is 0.0307. The molecule has 1 fully saturated rings. The molecule has 2 N–H and O–H groups in total. The number of hydrogen-bond acceptors (Lipinski definition) is 9. The second-order valence-electron chi connectivity index (χ2n) is 10.6. The fourth-order valence-electron chi connectivity index (χ4n) is 5.10. The second-order valence-corrected chi connectivity index (χ2v) is 10.6. The highest BCUT2D eigenvalue weighted by atomic mass is 16.5. The van der Waals surface area contributed by atoms with Crippen LogP contribution in [-0.2, 0) is 12.5 Å². The summed E-state index contributed by atoms with van der Waals surface area (Å²) >= 11 is 0. The first kappa shape index (κ1) is 24.2. The van der Waals surface area contributed by atoms with Crippen molar-refractivity contribution in [2.24, 2.45) is 7.05 Å². The smallest absolute Gasteiger partial charge is 0.211 e. The van der Waals surface area contributed by atoms with Crippen LogP contribution in [0.1, 0.15) is 51.8 Å².